The Hall–Kier alpha value is -2.92. The molecule has 124 valence electrons. The SMILES string of the molecule is CNc1ccc(-c2ccc3cc(-c4ccnc(OC)c4)sc3n2)cc1. The fourth-order valence-corrected chi connectivity index (χ4v) is 3.73. The summed E-state index contributed by atoms with van der Waals surface area (Å²) >= 11 is 1.68. The maximum atomic E-state index is 5.22. The Morgan fingerprint density at radius 3 is 2.56 bits per heavy atom. The van der Waals surface area contributed by atoms with E-state index in [1.807, 2.05) is 19.2 Å². The van der Waals surface area contributed by atoms with Crippen LogP contribution in [0, 0.1) is 0 Å². The molecule has 0 aliphatic carbocycles. The van der Waals surface area contributed by atoms with Crippen molar-refractivity contribution in [3.8, 4) is 27.6 Å². The molecule has 25 heavy (non-hydrogen) atoms. The first-order valence-corrected chi connectivity index (χ1v) is 8.77. The van der Waals surface area contributed by atoms with Gasteiger partial charge in [-0.15, -0.1) is 11.3 Å². The van der Waals surface area contributed by atoms with Gasteiger partial charge in [-0.25, -0.2) is 9.97 Å². The number of fused-ring (bicyclic) bond motifs is 1. The van der Waals surface area contributed by atoms with Crippen LogP contribution in [0.5, 0.6) is 5.88 Å². The van der Waals surface area contributed by atoms with Crippen LogP contribution in [0.1, 0.15) is 0 Å². The zero-order valence-corrected chi connectivity index (χ0v) is 14.8. The van der Waals surface area contributed by atoms with Gasteiger partial charge in [0, 0.05) is 40.8 Å². The lowest BCUT2D eigenvalue weighted by atomic mass is 10.1. The molecule has 0 unspecified atom stereocenters. The van der Waals surface area contributed by atoms with Crippen LogP contribution in [0.25, 0.3) is 31.9 Å². The summed E-state index contributed by atoms with van der Waals surface area (Å²) in [6.45, 7) is 0. The second kappa shape index (κ2) is 6.53. The predicted molar refractivity (Wildman–Crippen MR) is 104 cm³/mol. The molecule has 1 N–H and O–H groups in total. The lowest BCUT2D eigenvalue weighted by Gasteiger charge is -2.03. The Morgan fingerprint density at radius 2 is 1.80 bits per heavy atom. The van der Waals surface area contributed by atoms with E-state index in [-0.39, 0.29) is 0 Å². The second-order valence-electron chi connectivity index (χ2n) is 5.62. The van der Waals surface area contributed by atoms with Gasteiger partial charge in [-0.3, -0.25) is 0 Å². The first-order valence-electron chi connectivity index (χ1n) is 7.96. The Labute approximate surface area is 150 Å². The molecule has 0 radical (unpaired) electrons. The van der Waals surface area contributed by atoms with Gasteiger partial charge in [0.2, 0.25) is 5.88 Å². The molecule has 0 spiro atoms. The number of nitrogens with zero attached hydrogens (tertiary/aromatic N) is 2. The van der Waals surface area contributed by atoms with E-state index in [0.717, 1.165) is 37.6 Å². The Morgan fingerprint density at radius 1 is 0.960 bits per heavy atom. The molecule has 0 saturated carbocycles. The number of aromatic nitrogens is 2. The molecule has 0 amide bonds. The lowest BCUT2D eigenvalue weighted by molar-refractivity contribution is 0.398. The van der Waals surface area contributed by atoms with Gasteiger partial charge in [-0.1, -0.05) is 12.1 Å². The third-order valence-electron chi connectivity index (χ3n) is 4.08. The van der Waals surface area contributed by atoms with Crippen molar-refractivity contribution < 1.29 is 4.74 Å². The summed E-state index contributed by atoms with van der Waals surface area (Å²) in [7, 11) is 3.55. The van der Waals surface area contributed by atoms with Crippen molar-refractivity contribution in [1.29, 1.82) is 0 Å². The zero-order chi connectivity index (χ0) is 17.2. The van der Waals surface area contributed by atoms with Crippen LogP contribution in [0.15, 0.2) is 60.8 Å². The molecule has 0 bridgehead atoms. The molecular formula is C20H17N3OS. The highest BCUT2D eigenvalue weighted by molar-refractivity contribution is 7.21. The summed E-state index contributed by atoms with van der Waals surface area (Å²) in [5.41, 5.74) is 4.28. The molecule has 5 heteroatoms. The molecule has 4 rings (SSSR count). The molecule has 0 atom stereocenters. The van der Waals surface area contributed by atoms with Gasteiger partial charge in [0.15, 0.2) is 0 Å². The minimum absolute atomic E-state index is 0.619. The third kappa shape index (κ3) is 3.06. The Kier molecular flexibility index (Phi) is 4.07. The number of benzene rings is 1. The molecule has 0 aliphatic heterocycles. The maximum Gasteiger partial charge on any atom is 0.213 e. The minimum atomic E-state index is 0.619. The van der Waals surface area contributed by atoms with Gasteiger partial charge in [0.1, 0.15) is 4.83 Å². The maximum absolute atomic E-state index is 5.22. The van der Waals surface area contributed by atoms with Crippen molar-refractivity contribution >= 4 is 27.2 Å². The van der Waals surface area contributed by atoms with Crippen molar-refractivity contribution in [3.05, 3.63) is 60.8 Å². The van der Waals surface area contributed by atoms with Crippen molar-refractivity contribution in [1.82, 2.24) is 9.97 Å². The van der Waals surface area contributed by atoms with E-state index in [2.05, 4.69) is 52.8 Å². The fourth-order valence-electron chi connectivity index (χ4n) is 2.70. The summed E-state index contributed by atoms with van der Waals surface area (Å²) in [5, 5.41) is 4.28. The normalized spacial score (nSPS) is 10.8. The largest absolute Gasteiger partial charge is 0.481 e. The van der Waals surface area contributed by atoms with Crippen LogP contribution < -0.4 is 10.1 Å². The number of ether oxygens (including phenoxy) is 1. The molecular weight excluding hydrogens is 330 g/mol. The summed E-state index contributed by atoms with van der Waals surface area (Å²) < 4.78 is 5.22. The summed E-state index contributed by atoms with van der Waals surface area (Å²) in [6, 6.07) is 18.6. The number of anilines is 1. The quantitative estimate of drug-likeness (QED) is 0.559. The average molecular weight is 347 g/mol. The van der Waals surface area contributed by atoms with Crippen LogP contribution in [0.2, 0.25) is 0 Å². The molecule has 3 aromatic heterocycles. The monoisotopic (exact) mass is 347 g/mol. The predicted octanol–water partition coefficient (Wildman–Crippen LogP) is 5.08. The number of rotatable bonds is 4. The third-order valence-corrected chi connectivity index (χ3v) is 5.17. The van der Waals surface area contributed by atoms with Crippen LogP contribution >= 0.6 is 11.3 Å². The van der Waals surface area contributed by atoms with E-state index in [0.29, 0.717) is 5.88 Å². The van der Waals surface area contributed by atoms with Crippen LogP contribution in [0.3, 0.4) is 0 Å². The van der Waals surface area contributed by atoms with Crippen molar-refractivity contribution in [2.24, 2.45) is 0 Å². The Bertz CT molecular complexity index is 1020. The summed E-state index contributed by atoms with van der Waals surface area (Å²) in [6.07, 6.45) is 1.76. The van der Waals surface area contributed by atoms with Crippen LogP contribution in [-0.4, -0.2) is 24.1 Å². The van der Waals surface area contributed by atoms with E-state index >= 15 is 0 Å². The first-order chi connectivity index (χ1) is 12.3. The minimum Gasteiger partial charge on any atom is -0.481 e. The highest BCUT2D eigenvalue weighted by Crippen LogP contribution is 2.34. The summed E-state index contributed by atoms with van der Waals surface area (Å²) in [5.74, 6) is 0.619. The topological polar surface area (TPSA) is 47.0 Å². The highest BCUT2D eigenvalue weighted by Gasteiger charge is 2.08. The standard InChI is InChI=1S/C20H17N3OS/c1-21-16-6-3-13(4-7-16)17-8-5-15-11-18(25-20(15)23-17)14-9-10-22-19(12-14)24-2/h3-12,21H,1-2H3. The number of nitrogens with one attached hydrogen (secondary N) is 1. The van der Waals surface area contributed by atoms with Gasteiger partial charge in [-0.2, -0.15) is 0 Å². The van der Waals surface area contributed by atoms with Crippen molar-refractivity contribution in [2.75, 3.05) is 19.5 Å². The van der Waals surface area contributed by atoms with E-state index in [1.165, 1.54) is 0 Å². The second-order valence-corrected chi connectivity index (χ2v) is 6.65. The van der Waals surface area contributed by atoms with Gasteiger partial charge in [0.25, 0.3) is 0 Å². The van der Waals surface area contributed by atoms with E-state index < -0.39 is 0 Å². The van der Waals surface area contributed by atoms with Gasteiger partial charge >= 0.3 is 0 Å². The van der Waals surface area contributed by atoms with Crippen LogP contribution in [-0.2, 0) is 0 Å². The lowest BCUT2D eigenvalue weighted by Crippen LogP contribution is -1.87. The molecule has 4 aromatic rings. The highest BCUT2D eigenvalue weighted by atomic mass is 32.1. The van der Waals surface area contributed by atoms with Crippen LogP contribution in [0.4, 0.5) is 5.69 Å². The number of hydrogen-bond acceptors (Lipinski definition) is 5. The molecule has 0 aliphatic rings. The van der Waals surface area contributed by atoms with E-state index in [1.54, 1.807) is 24.6 Å². The number of thiophene rings is 1. The summed E-state index contributed by atoms with van der Waals surface area (Å²) in [4.78, 5) is 11.2. The zero-order valence-electron chi connectivity index (χ0n) is 14.0. The van der Waals surface area contributed by atoms with Crippen molar-refractivity contribution in [3.63, 3.8) is 0 Å². The van der Waals surface area contributed by atoms with E-state index in [4.69, 9.17) is 9.72 Å². The molecule has 0 saturated heterocycles. The van der Waals surface area contributed by atoms with Gasteiger partial charge in [0.05, 0.1) is 12.8 Å². The van der Waals surface area contributed by atoms with Crippen molar-refractivity contribution in [2.45, 2.75) is 0 Å². The molecule has 4 nitrogen and oxygen atoms in total. The smallest absolute Gasteiger partial charge is 0.213 e. The first kappa shape index (κ1) is 15.6. The molecule has 1 aromatic carbocycles. The number of methoxy groups -OCH3 is 1. The van der Waals surface area contributed by atoms with Gasteiger partial charge in [-0.05, 0) is 42.0 Å². The fraction of sp³-hybridized carbons (Fsp3) is 0.100. The van der Waals surface area contributed by atoms with E-state index in [9.17, 15) is 0 Å². The average Bonchev–Trinajstić information content (AvgIpc) is 3.11. The number of pyridine rings is 2. The Balaban J connectivity index is 1.73. The van der Waals surface area contributed by atoms with Gasteiger partial charge < -0.3 is 10.1 Å². The molecule has 3 heterocycles. The number of hydrogen-bond donors (Lipinski definition) is 1. The molecule has 0 fully saturated rings.